The van der Waals surface area contributed by atoms with E-state index in [0.29, 0.717) is 27.2 Å². The molecule has 2 N–H and O–H groups in total. The zero-order valence-corrected chi connectivity index (χ0v) is 16.4. The number of carbonyl (C=O) groups is 2. The van der Waals surface area contributed by atoms with Gasteiger partial charge in [-0.15, -0.1) is 10.2 Å². The lowest BCUT2D eigenvalue weighted by Crippen LogP contribution is -2.36. The molecule has 1 fully saturated rings. The number of nitrogens with two attached hydrogens (primary N) is 1. The fourth-order valence-electron chi connectivity index (χ4n) is 3.03. The van der Waals surface area contributed by atoms with Gasteiger partial charge in [0.25, 0.3) is 0 Å². The third-order valence-electron chi connectivity index (χ3n) is 4.33. The molecule has 7 nitrogen and oxygen atoms in total. The second-order valence-electron chi connectivity index (χ2n) is 6.71. The van der Waals surface area contributed by atoms with Crippen molar-refractivity contribution >= 4 is 40.2 Å². The SMILES string of the molecule is CC(C)[C@H]1CC[C@@H](C)C[C@H]1OC(=O)COC(=O)CSc1nnc(N)s1. The van der Waals surface area contributed by atoms with Crippen LogP contribution >= 0.6 is 23.1 Å². The first-order valence-corrected chi connectivity index (χ1v) is 10.2. The number of hydrogen-bond donors (Lipinski definition) is 1. The van der Waals surface area contributed by atoms with Crippen LogP contribution in [0.4, 0.5) is 5.13 Å². The van der Waals surface area contributed by atoms with E-state index in [2.05, 4.69) is 31.0 Å². The molecule has 1 aromatic rings. The molecule has 0 aromatic carbocycles. The minimum absolute atomic E-state index is 0.0526. The van der Waals surface area contributed by atoms with Gasteiger partial charge in [0.2, 0.25) is 5.13 Å². The van der Waals surface area contributed by atoms with Gasteiger partial charge in [-0.05, 0) is 30.6 Å². The van der Waals surface area contributed by atoms with Gasteiger partial charge >= 0.3 is 11.9 Å². The molecule has 1 saturated carbocycles. The van der Waals surface area contributed by atoms with Crippen LogP contribution in [0.15, 0.2) is 4.34 Å². The highest BCUT2D eigenvalue weighted by molar-refractivity contribution is 8.01. The van der Waals surface area contributed by atoms with Crippen molar-refractivity contribution in [1.82, 2.24) is 10.2 Å². The Morgan fingerprint density at radius 2 is 2.08 bits per heavy atom. The molecule has 0 unspecified atom stereocenters. The monoisotopic (exact) mass is 387 g/mol. The van der Waals surface area contributed by atoms with Gasteiger partial charge in [0.15, 0.2) is 10.9 Å². The average molecular weight is 388 g/mol. The van der Waals surface area contributed by atoms with Crippen molar-refractivity contribution in [1.29, 1.82) is 0 Å². The maximum absolute atomic E-state index is 12.0. The standard InChI is InChI=1S/C16H25N3O4S2/c1-9(2)11-5-4-10(3)6-12(11)23-13(20)7-22-14(21)8-24-16-19-18-15(17)25-16/h9-12H,4-8H2,1-3H3,(H2,17,18)/t10-,11-,12-/m1/s1. The van der Waals surface area contributed by atoms with Crippen molar-refractivity contribution < 1.29 is 19.1 Å². The van der Waals surface area contributed by atoms with Gasteiger partial charge < -0.3 is 15.2 Å². The number of ether oxygens (including phenoxy) is 2. The first kappa shape index (κ1) is 20.0. The first-order chi connectivity index (χ1) is 11.8. The number of aromatic nitrogens is 2. The van der Waals surface area contributed by atoms with Crippen molar-refractivity contribution in [3.05, 3.63) is 0 Å². The van der Waals surface area contributed by atoms with E-state index in [9.17, 15) is 9.59 Å². The molecule has 0 spiro atoms. The molecule has 9 heteroatoms. The van der Waals surface area contributed by atoms with E-state index < -0.39 is 11.9 Å². The molecule has 25 heavy (non-hydrogen) atoms. The summed E-state index contributed by atoms with van der Waals surface area (Å²) >= 11 is 2.38. The van der Waals surface area contributed by atoms with Crippen LogP contribution in [-0.4, -0.2) is 40.6 Å². The zero-order chi connectivity index (χ0) is 18.4. The predicted octanol–water partition coefficient (Wildman–Crippen LogP) is 2.76. The summed E-state index contributed by atoms with van der Waals surface area (Å²) in [5.41, 5.74) is 5.47. The molecule has 1 aromatic heterocycles. The summed E-state index contributed by atoms with van der Waals surface area (Å²) in [6, 6.07) is 0. The van der Waals surface area contributed by atoms with Crippen molar-refractivity contribution in [2.75, 3.05) is 18.1 Å². The topological polar surface area (TPSA) is 104 Å². The van der Waals surface area contributed by atoms with E-state index in [-0.39, 0.29) is 18.5 Å². The normalized spacial score (nSPS) is 23.4. The highest BCUT2D eigenvalue weighted by atomic mass is 32.2. The number of thioether (sulfide) groups is 1. The Bertz CT molecular complexity index is 594. The Kier molecular flexibility index (Phi) is 7.49. The molecule has 2 rings (SSSR count). The molecule has 0 amide bonds. The highest BCUT2D eigenvalue weighted by Crippen LogP contribution is 2.35. The minimum Gasteiger partial charge on any atom is -0.460 e. The summed E-state index contributed by atoms with van der Waals surface area (Å²) in [4.78, 5) is 23.7. The lowest BCUT2D eigenvalue weighted by molar-refractivity contribution is -0.166. The molecule has 1 heterocycles. The number of esters is 2. The largest absolute Gasteiger partial charge is 0.460 e. The van der Waals surface area contributed by atoms with E-state index >= 15 is 0 Å². The molecule has 0 bridgehead atoms. The zero-order valence-electron chi connectivity index (χ0n) is 14.8. The van der Waals surface area contributed by atoms with Crippen LogP contribution in [0.3, 0.4) is 0 Å². The summed E-state index contributed by atoms with van der Waals surface area (Å²) in [6.07, 6.45) is 3.02. The molecular formula is C16H25N3O4S2. The van der Waals surface area contributed by atoms with E-state index in [0.717, 1.165) is 12.8 Å². The summed E-state index contributed by atoms with van der Waals surface area (Å²) in [5.74, 6) is 0.456. The van der Waals surface area contributed by atoms with Gasteiger partial charge in [0.1, 0.15) is 6.10 Å². The van der Waals surface area contributed by atoms with Gasteiger partial charge in [-0.3, -0.25) is 4.79 Å². The summed E-state index contributed by atoms with van der Waals surface area (Å²) in [6.45, 7) is 6.13. The van der Waals surface area contributed by atoms with Crippen molar-refractivity contribution in [3.63, 3.8) is 0 Å². The molecule has 0 saturated heterocycles. The van der Waals surface area contributed by atoms with E-state index in [1.165, 1.54) is 29.5 Å². The number of carbonyl (C=O) groups excluding carboxylic acids is 2. The van der Waals surface area contributed by atoms with Gasteiger partial charge in [-0.25, -0.2) is 4.79 Å². The van der Waals surface area contributed by atoms with Crippen LogP contribution in [-0.2, 0) is 19.1 Å². The summed E-state index contributed by atoms with van der Waals surface area (Å²) in [5, 5.41) is 7.81. The third-order valence-corrected chi connectivity index (χ3v) is 6.19. The second kappa shape index (κ2) is 9.38. The fourth-order valence-corrected chi connectivity index (χ4v) is 4.47. The lowest BCUT2D eigenvalue weighted by Gasteiger charge is -2.36. The number of anilines is 1. The van der Waals surface area contributed by atoms with Crippen LogP contribution in [0, 0.1) is 17.8 Å². The van der Waals surface area contributed by atoms with Crippen molar-refractivity contribution in [2.24, 2.45) is 17.8 Å². The van der Waals surface area contributed by atoms with Crippen molar-refractivity contribution in [2.45, 2.75) is 50.5 Å². The minimum atomic E-state index is -0.492. The van der Waals surface area contributed by atoms with Gasteiger partial charge in [0.05, 0.1) is 5.75 Å². The molecule has 1 aliphatic carbocycles. The Morgan fingerprint density at radius 1 is 1.32 bits per heavy atom. The average Bonchev–Trinajstić information content (AvgIpc) is 2.96. The van der Waals surface area contributed by atoms with E-state index in [1.807, 2.05) is 0 Å². The summed E-state index contributed by atoms with van der Waals surface area (Å²) < 4.78 is 11.2. The van der Waals surface area contributed by atoms with Gasteiger partial charge in [0, 0.05) is 0 Å². The molecule has 0 aliphatic heterocycles. The highest BCUT2D eigenvalue weighted by Gasteiger charge is 2.33. The van der Waals surface area contributed by atoms with Crippen molar-refractivity contribution in [3.8, 4) is 0 Å². The Hall–Kier alpha value is -1.35. The first-order valence-electron chi connectivity index (χ1n) is 8.42. The number of rotatable bonds is 7. The second-order valence-corrected chi connectivity index (χ2v) is 8.94. The summed E-state index contributed by atoms with van der Waals surface area (Å²) in [7, 11) is 0. The van der Waals surface area contributed by atoms with Crippen LogP contribution in [0.25, 0.3) is 0 Å². The smallest absolute Gasteiger partial charge is 0.344 e. The van der Waals surface area contributed by atoms with E-state index in [4.69, 9.17) is 15.2 Å². The number of hydrogen-bond acceptors (Lipinski definition) is 9. The molecule has 1 aliphatic rings. The number of nitrogen functional groups attached to an aromatic ring is 1. The maximum Gasteiger partial charge on any atom is 0.344 e. The predicted molar refractivity (Wildman–Crippen MR) is 97.2 cm³/mol. The Balaban J connectivity index is 1.72. The van der Waals surface area contributed by atoms with Crippen LogP contribution in [0.2, 0.25) is 0 Å². The van der Waals surface area contributed by atoms with Crippen LogP contribution in [0.5, 0.6) is 0 Å². The fraction of sp³-hybridized carbons (Fsp3) is 0.750. The molecule has 140 valence electrons. The lowest BCUT2D eigenvalue weighted by atomic mass is 9.75. The Morgan fingerprint density at radius 3 is 2.72 bits per heavy atom. The number of nitrogens with zero attached hydrogens (tertiary/aromatic N) is 2. The third kappa shape index (κ3) is 6.47. The molecule has 3 atom stereocenters. The Labute approximate surface area is 156 Å². The van der Waals surface area contributed by atoms with Crippen LogP contribution < -0.4 is 5.73 Å². The molecular weight excluding hydrogens is 362 g/mol. The van der Waals surface area contributed by atoms with Crippen LogP contribution in [0.1, 0.15) is 40.0 Å². The quantitative estimate of drug-likeness (QED) is 0.562. The maximum atomic E-state index is 12.0. The van der Waals surface area contributed by atoms with Gasteiger partial charge in [-0.1, -0.05) is 50.3 Å². The van der Waals surface area contributed by atoms with E-state index in [1.54, 1.807) is 0 Å². The molecule has 0 radical (unpaired) electrons. The van der Waals surface area contributed by atoms with Gasteiger partial charge in [-0.2, -0.15) is 0 Å².